The van der Waals surface area contributed by atoms with Crippen LogP contribution in [0.2, 0.25) is 0 Å². The molecular formula is C15H30N4O3. The van der Waals surface area contributed by atoms with Crippen LogP contribution in [0.15, 0.2) is 4.99 Å². The van der Waals surface area contributed by atoms with E-state index in [9.17, 15) is 4.79 Å². The van der Waals surface area contributed by atoms with Gasteiger partial charge in [-0.3, -0.25) is 4.99 Å². The van der Waals surface area contributed by atoms with E-state index in [0.29, 0.717) is 19.0 Å². The summed E-state index contributed by atoms with van der Waals surface area (Å²) in [4.78, 5) is 18.1. The summed E-state index contributed by atoms with van der Waals surface area (Å²) in [5, 5.41) is 15.3. The molecule has 1 atom stereocenters. The molecule has 7 heteroatoms. The number of amides is 1. The molecule has 0 saturated carbocycles. The minimum absolute atomic E-state index is 0.0191. The van der Waals surface area contributed by atoms with Crippen LogP contribution in [0.4, 0.5) is 4.79 Å². The average Bonchev–Trinajstić information content (AvgIpc) is 2.43. The van der Waals surface area contributed by atoms with E-state index < -0.39 is 5.60 Å². The van der Waals surface area contributed by atoms with Crippen LogP contribution in [-0.2, 0) is 4.74 Å². The molecule has 1 saturated heterocycles. The van der Waals surface area contributed by atoms with E-state index in [1.807, 2.05) is 27.7 Å². The minimum Gasteiger partial charge on any atom is -0.444 e. The smallest absolute Gasteiger partial charge is 0.410 e. The predicted octanol–water partition coefficient (Wildman–Crippen LogP) is 0.933. The Labute approximate surface area is 133 Å². The van der Waals surface area contributed by atoms with E-state index in [0.717, 1.165) is 25.9 Å². The summed E-state index contributed by atoms with van der Waals surface area (Å²) in [6.07, 6.45) is 1.63. The fourth-order valence-electron chi connectivity index (χ4n) is 2.26. The zero-order valence-corrected chi connectivity index (χ0v) is 14.2. The molecule has 22 heavy (non-hydrogen) atoms. The normalized spacial score (nSPS) is 19.8. The number of hydrogen-bond donors (Lipinski definition) is 3. The number of nitrogens with zero attached hydrogens (tertiary/aromatic N) is 2. The van der Waals surface area contributed by atoms with E-state index in [4.69, 9.17) is 9.84 Å². The molecule has 1 heterocycles. The van der Waals surface area contributed by atoms with Crippen LogP contribution in [0.25, 0.3) is 0 Å². The van der Waals surface area contributed by atoms with Crippen LogP contribution >= 0.6 is 0 Å². The molecule has 0 spiro atoms. The first-order valence-electron chi connectivity index (χ1n) is 7.99. The van der Waals surface area contributed by atoms with Gasteiger partial charge in [-0.15, -0.1) is 0 Å². The molecule has 128 valence electrons. The molecule has 7 nitrogen and oxygen atoms in total. The van der Waals surface area contributed by atoms with Crippen LogP contribution in [0.5, 0.6) is 0 Å². The maximum absolute atomic E-state index is 12.1. The van der Waals surface area contributed by atoms with Gasteiger partial charge >= 0.3 is 6.09 Å². The lowest BCUT2D eigenvalue weighted by Gasteiger charge is -2.35. The Bertz CT molecular complexity index is 379. The summed E-state index contributed by atoms with van der Waals surface area (Å²) in [6.45, 7) is 10.0. The maximum atomic E-state index is 12.1. The number of ether oxygens (including phenoxy) is 1. The molecular weight excluding hydrogens is 284 g/mol. The number of aliphatic hydroxyl groups excluding tert-OH is 1. The lowest BCUT2D eigenvalue weighted by Crippen LogP contribution is -2.53. The summed E-state index contributed by atoms with van der Waals surface area (Å²) >= 11 is 0. The second-order valence-corrected chi connectivity index (χ2v) is 6.39. The van der Waals surface area contributed by atoms with Gasteiger partial charge in [0.25, 0.3) is 0 Å². The molecule has 0 aromatic heterocycles. The minimum atomic E-state index is -0.477. The Kier molecular flexibility index (Phi) is 7.44. The van der Waals surface area contributed by atoms with Crippen LogP contribution in [0.1, 0.15) is 40.5 Å². The summed E-state index contributed by atoms with van der Waals surface area (Å²) < 4.78 is 5.42. The third kappa shape index (κ3) is 6.98. The summed E-state index contributed by atoms with van der Waals surface area (Å²) in [5.41, 5.74) is -0.477. The van der Waals surface area contributed by atoms with Gasteiger partial charge in [-0.05, 0) is 40.5 Å². The van der Waals surface area contributed by atoms with E-state index in [1.165, 1.54) is 0 Å². The second kappa shape index (κ2) is 8.82. The second-order valence-electron chi connectivity index (χ2n) is 6.39. The highest BCUT2D eigenvalue weighted by Gasteiger charge is 2.27. The first-order chi connectivity index (χ1) is 10.4. The Morgan fingerprint density at radius 3 is 2.77 bits per heavy atom. The molecule has 1 rings (SSSR count). The van der Waals surface area contributed by atoms with Crippen LogP contribution in [0, 0.1) is 0 Å². The van der Waals surface area contributed by atoms with E-state index in [1.54, 1.807) is 4.90 Å². The van der Waals surface area contributed by atoms with Crippen molar-refractivity contribution in [2.45, 2.75) is 52.2 Å². The fraction of sp³-hybridized carbons (Fsp3) is 0.867. The molecule has 3 N–H and O–H groups in total. The number of aliphatic hydroxyl groups is 1. The molecule has 1 unspecified atom stereocenters. The molecule has 1 aliphatic heterocycles. The van der Waals surface area contributed by atoms with Gasteiger partial charge in [-0.2, -0.15) is 0 Å². The topological polar surface area (TPSA) is 86.2 Å². The Balaban J connectivity index is 2.56. The molecule has 1 aliphatic rings. The fourth-order valence-corrected chi connectivity index (χ4v) is 2.26. The highest BCUT2D eigenvalue weighted by Crippen LogP contribution is 2.15. The van der Waals surface area contributed by atoms with E-state index >= 15 is 0 Å². The molecule has 0 aromatic rings. The zero-order chi connectivity index (χ0) is 16.6. The van der Waals surface area contributed by atoms with Crippen molar-refractivity contribution in [2.24, 2.45) is 4.99 Å². The summed E-state index contributed by atoms with van der Waals surface area (Å²) in [5.74, 6) is 0.674. The number of aliphatic imine (C=N–C) groups is 1. The van der Waals surface area contributed by atoms with E-state index in [2.05, 4.69) is 15.6 Å². The molecule has 0 radical (unpaired) electrons. The molecule has 0 aromatic carbocycles. The standard InChI is InChI=1S/C15H30N4O3/c1-5-16-13(17-8-10-20)18-12-7-6-9-19(11-12)14(21)22-15(2,3)4/h12,20H,5-11H2,1-4H3,(H2,16,17,18). The number of carbonyl (C=O) groups is 1. The van der Waals surface area contributed by atoms with Gasteiger partial charge in [0.05, 0.1) is 13.2 Å². The maximum Gasteiger partial charge on any atom is 0.410 e. The van der Waals surface area contributed by atoms with Gasteiger partial charge in [-0.25, -0.2) is 4.79 Å². The lowest BCUT2D eigenvalue weighted by molar-refractivity contribution is 0.0193. The van der Waals surface area contributed by atoms with Crippen LogP contribution < -0.4 is 10.6 Å². The van der Waals surface area contributed by atoms with Crippen molar-refractivity contribution in [3.63, 3.8) is 0 Å². The van der Waals surface area contributed by atoms with E-state index in [-0.39, 0.29) is 18.7 Å². The quantitative estimate of drug-likeness (QED) is 0.531. The molecule has 0 aliphatic carbocycles. The number of carbonyl (C=O) groups excluding carboxylic acids is 1. The molecule has 0 bridgehead atoms. The number of guanidine groups is 1. The van der Waals surface area contributed by atoms with Gasteiger partial charge in [0.1, 0.15) is 5.60 Å². The van der Waals surface area contributed by atoms with Crippen LogP contribution in [0.3, 0.4) is 0 Å². The van der Waals surface area contributed by atoms with Gasteiger partial charge < -0.3 is 25.4 Å². The molecule has 1 amide bonds. The Morgan fingerprint density at radius 1 is 1.45 bits per heavy atom. The van der Waals surface area contributed by atoms with Crippen molar-refractivity contribution in [1.29, 1.82) is 0 Å². The summed E-state index contributed by atoms with van der Waals surface area (Å²) in [6, 6.07) is 0.137. The van der Waals surface area contributed by atoms with Gasteiger partial charge in [0.15, 0.2) is 5.96 Å². The van der Waals surface area contributed by atoms with Crippen molar-refractivity contribution in [2.75, 3.05) is 32.8 Å². The summed E-state index contributed by atoms with van der Waals surface area (Å²) in [7, 11) is 0. The Morgan fingerprint density at radius 2 is 2.18 bits per heavy atom. The molecule has 1 fully saturated rings. The van der Waals surface area contributed by atoms with Crippen molar-refractivity contribution in [1.82, 2.24) is 15.5 Å². The highest BCUT2D eigenvalue weighted by atomic mass is 16.6. The average molecular weight is 314 g/mol. The third-order valence-corrected chi connectivity index (χ3v) is 3.13. The first-order valence-corrected chi connectivity index (χ1v) is 7.99. The Hall–Kier alpha value is -1.50. The number of rotatable bonds is 4. The SMILES string of the molecule is CCNC(=NCCO)NC1CCCN(C(=O)OC(C)(C)C)C1. The van der Waals surface area contributed by atoms with Gasteiger partial charge in [-0.1, -0.05) is 0 Å². The monoisotopic (exact) mass is 314 g/mol. The van der Waals surface area contributed by atoms with Crippen molar-refractivity contribution in [3.8, 4) is 0 Å². The number of likely N-dealkylation sites (tertiary alicyclic amines) is 1. The van der Waals surface area contributed by atoms with Crippen molar-refractivity contribution < 1.29 is 14.6 Å². The van der Waals surface area contributed by atoms with Crippen molar-refractivity contribution >= 4 is 12.1 Å². The van der Waals surface area contributed by atoms with Gasteiger partial charge in [0, 0.05) is 25.7 Å². The largest absolute Gasteiger partial charge is 0.444 e. The number of piperidine rings is 1. The lowest BCUT2D eigenvalue weighted by atomic mass is 10.1. The number of hydrogen-bond acceptors (Lipinski definition) is 4. The van der Waals surface area contributed by atoms with Crippen LogP contribution in [-0.4, -0.2) is 66.5 Å². The highest BCUT2D eigenvalue weighted by molar-refractivity contribution is 5.80. The van der Waals surface area contributed by atoms with Gasteiger partial charge in [0.2, 0.25) is 0 Å². The third-order valence-electron chi connectivity index (χ3n) is 3.13. The first kappa shape index (κ1) is 18.5. The predicted molar refractivity (Wildman–Crippen MR) is 87.0 cm³/mol. The van der Waals surface area contributed by atoms with Crippen molar-refractivity contribution in [3.05, 3.63) is 0 Å². The number of nitrogens with one attached hydrogen (secondary N) is 2. The zero-order valence-electron chi connectivity index (χ0n) is 14.2.